The van der Waals surface area contributed by atoms with Gasteiger partial charge in [-0.2, -0.15) is 0 Å². The molecule has 154 valence electrons. The van der Waals surface area contributed by atoms with Crippen LogP contribution in [0.5, 0.6) is 5.75 Å². The number of hydrogen-bond donors (Lipinski definition) is 1. The molecule has 0 aliphatic heterocycles. The Hall–Kier alpha value is -3.45. The zero-order valence-electron chi connectivity index (χ0n) is 16.6. The molecule has 0 radical (unpaired) electrons. The summed E-state index contributed by atoms with van der Waals surface area (Å²) in [5.74, 6) is -0.155. The largest absolute Gasteiger partial charge is 0.497 e. The van der Waals surface area contributed by atoms with E-state index in [1.165, 1.54) is 34.4 Å². The quantitative estimate of drug-likeness (QED) is 0.561. The van der Waals surface area contributed by atoms with Crippen molar-refractivity contribution in [1.29, 1.82) is 0 Å². The molecule has 0 unspecified atom stereocenters. The van der Waals surface area contributed by atoms with Crippen molar-refractivity contribution in [2.45, 2.75) is 0 Å². The second-order valence-corrected chi connectivity index (χ2v) is 7.63. The van der Waals surface area contributed by atoms with Crippen LogP contribution in [0, 0.1) is 5.82 Å². The molecule has 0 saturated heterocycles. The summed E-state index contributed by atoms with van der Waals surface area (Å²) in [6, 6.07) is 17.0. The first-order valence-corrected chi connectivity index (χ1v) is 9.99. The van der Waals surface area contributed by atoms with Gasteiger partial charge in [-0.05, 0) is 60.2 Å². The molecule has 0 spiro atoms. The zero-order chi connectivity index (χ0) is 21.5. The Morgan fingerprint density at radius 2 is 1.77 bits per heavy atom. The van der Waals surface area contributed by atoms with Crippen LogP contribution in [0.4, 0.5) is 10.1 Å². The van der Waals surface area contributed by atoms with E-state index >= 15 is 0 Å². The Kier molecular flexibility index (Phi) is 6.98. The minimum absolute atomic E-state index is 0.0690. The summed E-state index contributed by atoms with van der Waals surface area (Å²) in [6.07, 6.45) is 3.14. The molecule has 2 amide bonds. The summed E-state index contributed by atoms with van der Waals surface area (Å²) < 4.78 is 18.1. The van der Waals surface area contributed by atoms with Crippen molar-refractivity contribution < 1.29 is 18.7 Å². The SMILES string of the molecule is COc1ccc(NC(=O)CN(C)C(=O)/C=C/c2ccc(-c3ccc(F)cc3)s2)cc1. The number of likely N-dealkylation sites (N-methyl/N-ethyl adjacent to an activating group) is 1. The van der Waals surface area contributed by atoms with Crippen molar-refractivity contribution in [2.75, 3.05) is 26.0 Å². The van der Waals surface area contributed by atoms with Crippen LogP contribution < -0.4 is 10.1 Å². The van der Waals surface area contributed by atoms with E-state index in [-0.39, 0.29) is 24.2 Å². The summed E-state index contributed by atoms with van der Waals surface area (Å²) in [4.78, 5) is 27.7. The van der Waals surface area contributed by atoms with Crippen molar-refractivity contribution >= 4 is 34.9 Å². The molecule has 0 aliphatic rings. The van der Waals surface area contributed by atoms with Crippen LogP contribution in [-0.2, 0) is 9.59 Å². The van der Waals surface area contributed by atoms with Gasteiger partial charge in [-0.3, -0.25) is 9.59 Å². The van der Waals surface area contributed by atoms with Gasteiger partial charge in [0.05, 0.1) is 13.7 Å². The average Bonchev–Trinajstić information content (AvgIpc) is 3.22. The molecule has 1 heterocycles. The van der Waals surface area contributed by atoms with E-state index in [1.807, 2.05) is 12.1 Å². The van der Waals surface area contributed by atoms with Gasteiger partial charge in [0.1, 0.15) is 11.6 Å². The van der Waals surface area contributed by atoms with Crippen LogP contribution >= 0.6 is 11.3 Å². The Balaban J connectivity index is 1.53. The number of carbonyl (C=O) groups is 2. The average molecular weight is 424 g/mol. The van der Waals surface area contributed by atoms with Crippen molar-refractivity contribution in [2.24, 2.45) is 0 Å². The molecule has 1 N–H and O–H groups in total. The Labute approximate surface area is 178 Å². The van der Waals surface area contributed by atoms with Crippen LogP contribution in [0.25, 0.3) is 16.5 Å². The lowest BCUT2D eigenvalue weighted by Gasteiger charge is -2.15. The fourth-order valence-corrected chi connectivity index (χ4v) is 3.58. The smallest absolute Gasteiger partial charge is 0.246 e. The van der Waals surface area contributed by atoms with E-state index in [2.05, 4.69) is 5.32 Å². The Morgan fingerprint density at radius 3 is 2.43 bits per heavy atom. The maximum absolute atomic E-state index is 13.1. The molecule has 0 atom stereocenters. The minimum Gasteiger partial charge on any atom is -0.497 e. The van der Waals surface area contributed by atoms with Crippen molar-refractivity contribution in [3.05, 3.63) is 77.4 Å². The van der Waals surface area contributed by atoms with Crippen LogP contribution in [0.1, 0.15) is 4.88 Å². The molecule has 30 heavy (non-hydrogen) atoms. The van der Waals surface area contributed by atoms with E-state index in [1.54, 1.807) is 56.6 Å². The van der Waals surface area contributed by atoms with Crippen molar-refractivity contribution in [3.8, 4) is 16.2 Å². The van der Waals surface area contributed by atoms with E-state index in [4.69, 9.17) is 4.74 Å². The van der Waals surface area contributed by atoms with Crippen LogP contribution in [0.15, 0.2) is 66.7 Å². The van der Waals surface area contributed by atoms with Crippen molar-refractivity contribution in [1.82, 2.24) is 4.90 Å². The molecule has 0 fully saturated rings. The first kappa shape index (κ1) is 21.3. The molecule has 0 aliphatic carbocycles. The number of carbonyl (C=O) groups excluding carboxylic acids is 2. The highest BCUT2D eigenvalue weighted by Crippen LogP contribution is 2.29. The number of thiophene rings is 1. The topological polar surface area (TPSA) is 58.6 Å². The number of nitrogens with one attached hydrogen (secondary N) is 1. The number of methoxy groups -OCH3 is 1. The maximum atomic E-state index is 13.1. The Morgan fingerprint density at radius 1 is 1.07 bits per heavy atom. The number of anilines is 1. The molecule has 2 aromatic carbocycles. The molecule has 7 heteroatoms. The number of benzene rings is 2. The highest BCUT2D eigenvalue weighted by atomic mass is 32.1. The fourth-order valence-electron chi connectivity index (χ4n) is 2.66. The zero-order valence-corrected chi connectivity index (χ0v) is 17.4. The second kappa shape index (κ2) is 9.84. The Bertz CT molecular complexity index is 1040. The van der Waals surface area contributed by atoms with Gasteiger partial charge in [0.15, 0.2) is 0 Å². The van der Waals surface area contributed by atoms with Crippen molar-refractivity contribution in [3.63, 3.8) is 0 Å². The predicted octanol–water partition coefficient (Wildman–Crippen LogP) is 4.67. The number of amides is 2. The van der Waals surface area contributed by atoms with Gasteiger partial charge in [0.25, 0.3) is 0 Å². The fraction of sp³-hybridized carbons (Fsp3) is 0.130. The highest BCUT2D eigenvalue weighted by molar-refractivity contribution is 7.16. The highest BCUT2D eigenvalue weighted by Gasteiger charge is 2.11. The van der Waals surface area contributed by atoms with Gasteiger partial charge in [-0.25, -0.2) is 4.39 Å². The van der Waals surface area contributed by atoms with Gasteiger partial charge in [-0.15, -0.1) is 11.3 Å². The summed E-state index contributed by atoms with van der Waals surface area (Å²) in [6.45, 7) is -0.0690. The van der Waals surface area contributed by atoms with E-state index in [9.17, 15) is 14.0 Å². The number of rotatable bonds is 7. The minimum atomic E-state index is -0.292. The third-order valence-electron chi connectivity index (χ3n) is 4.28. The molecule has 0 saturated carbocycles. The van der Waals surface area contributed by atoms with Gasteiger partial charge in [0, 0.05) is 28.6 Å². The van der Waals surface area contributed by atoms with Gasteiger partial charge in [-0.1, -0.05) is 12.1 Å². The lowest BCUT2D eigenvalue weighted by atomic mass is 10.2. The van der Waals surface area contributed by atoms with Gasteiger partial charge >= 0.3 is 0 Å². The lowest BCUT2D eigenvalue weighted by molar-refractivity contribution is -0.129. The first-order chi connectivity index (χ1) is 14.4. The van der Waals surface area contributed by atoms with E-state index < -0.39 is 0 Å². The summed E-state index contributed by atoms with van der Waals surface area (Å²) in [5, 5.41) is 2.74. The molecular formula is C23H21FN2O3S. The third-order valence-corrected chi connectivity index (χ3v) is 5.38. The predicted molar refractivity (Wildman–Crippen MR) is 118 cm³/mol. The standard InChI is InChI=1S/C23H21FN2O3S/c1-26(15-22(27)25-18-7-9-19(29-2)10-8-18)23(28)14-12-20-11-13-21(30-20)16-3-5-17(24)6-4-16/h3-14H,15H2,1-2H3,(H,25,27)/b14-12+. The molecule has 3 aromatic rings. The molecule has 5 nitrogen and oxygen atoms in total. The summed E-state index contributed by atoms with van der Waals surface area (Å²) in [5.41, 5.74) is 1.55. The maximum Gasteiger partial charge on any atom is 0.246 e. The normalized spacial score (nSPS) is 10.8. The van der Waals surface area contributed by atoms with Crippen LogP contribution in [-0.4, -0.2) is 37.4 Å². The number of hydrogen-bond acceptors (Lipinski definition) is 4. The third kappa shape index (κ3) is 5.78. The van der Waals surface area contributed by atoms with Crippen LogP contribution in [0.3, 0.4) is 0 Å². The van der Waals surface area contributed by atoms with Crippen LogP contribution in [0.2, 0.25) is 0 Å². The first-order valence-electron chi connectivity index (χ1n) is 9.17. The van der Waals surface area contributed by atoms with E-state index in [0.29, 0.717) is 11.4 Å². The number of nitrogens with zero attached hydrogens (tertiary/aromatic N) is 1. The number of halogens is 1. The summed E-state index contributed by atoms with van der Waals surface area (Å²) in [7, 11) is 3.14. The molecule has 0 bridgehead atoms. The van der Waals surface area contributed by atoms with E-state index in [0.717, 1.165) is 15.3 Å². The summed E-state index contributed by atoms with van der Waals surface area (Å²) >= 11 is 1.49. The molecule has 1 aromatic heterocycles. The molecule has 3 rings (SSSR count). The van der Waals surface area contributed by atoms with Gasteiger partial charge in [0.2, 0.25) is 11.8 Å². The number of ether oxygens (including phenoxy) is 1. The lowest BCUT2D eigenvalue weighted by Crippen LogP contribution is -2.33. The second-order valence-electron chi connectivity index (χ2n) is 6.51. The monoisotopic (exact) mass is 424 g/mol. The molecular weight excluding hydrogens is 403 g/mol. The van der Waals surface area contributed by atoms with Gasteiger partial charge < -0.3 is 15.0 Å².